The zero-order chi connectivity index (χ0) is 15.1. The summed E-state index contributed by atoms with van der Waals surface area (Å²) in [6.07, 6.45) is -0.169. The predicted octanol–water partition coefficient (Wildman–Crippen LogP) is 1.95. The van der Waals surface area contributed by atoms with E-state index in [0.29, 0.717) is 6.54 Å². The Kier molecular flexibility index (Phi) is 5.92. The van der Waals surface area contributed by atoms with Gasteiger partial charge in [0.1, 0.15) is 0 Å². The second-order valence-corrected chi connectivity index (χ2v) is 4.33. The number of carbonyl (C=O) groups is 1. The number of hydrogen-bond donors (Lipinski definition) is 2. The van der Waals surface area contributed by atoms with Gasteiger partial charge >= 0.3 is 11.7 Å². The Morgan fingerprint density at radius 1 is 1.55 bits per heavy atom. The molecule has 7 heteroatoms. The number of benzene rings is 1. The maximum absolute atomic E-state index is 11.0. The SMILES string of the molecule is CCCNCc1ccc(OC(C)C(=O)O)c([N+](=O)[O-])c1. The quantitative estimate of drug-likeness (QED) is 0.429. The highest BCUT2D eigenvalue weighted by Gasteiger charge is 2.21. The molecule has 1 unspecified atom stereocenters. The van der Waals surface area contributed by atoms with Crippen LogP contribution in [0.3, 0.4) is 0 Å². The lowest BCUT2D eigenvalue weighted by atomic mass is 10.2. The number of nitrogens with zero attached hydrogens (tertiary/aromatic N) is 1. The first-order chi connectivity index (χ1) is 9.45. The van der Waals surface area contributed by atoms with E-state index < -0.39 is 17.0 Å². The molecule has 20 heavy (non-hydrogen) atoms. The van der Waals surface area contributed by atoms with Gasteiger partial charge < -0.3 is 15.2 Å². The molecule has 0 amide bonds. The van der Waals surface area contributed by atoms with Crippen LogP contribution in [0.5, 0.6) is 5.75 Å². The van der Waals surface area contributed by atoms with E-state index in [0.717, 1.165) is 18.5 Å². The maximum Gasteiger partial charge on any atom is 0.344 e. The van der Waals surface area contributed by atoms with Crippen molar-refractivity contribution in [3.8, 4) is 5.75 Å². The first-order valence-corrected chi connectivity index (χ1v) is 6.33. The zero-order valence-corrected chi connectivity index (χ0v) is 11.5. The molecule has 7 nitrogen and oxygen atoms in total. The Bertz CT molecular complexity index is 490. The van der Waals surface area contributed by atoms with Crippen molar-refractivity contribution in [2.45, 2.75) is 32.9 Å². The van der Waals surface area contributed by atoms with Crippen molar-refractivity contribution in [1.29, 1.82) is 0 Å². The van der Waals surface area contributed by atoms with Crippen molar-refractivity contribution in [3.05, 3.63) is 33.9 Å². The second kappa shape index (κ2) is 7.44. The van der Waals surface area contributed by atoms with Crippen molar-refractivity contribution < 1.29 is 19.6 Å². The third-order valence-electron chi connectivity index (χ3n) is 2.63. The molecule has 110 valence electrons. The minimum atomic E-state index is -1.17. The van der Waals surface area contributed by atoms with Gasteiger partial charge in [-0.25, -0.2) is 4.79 Å². The van der Waals surface area contributed by atoms with Crippen LogP contribution >= 0.6 is 0 Å². The predicted molar refractivity (Wildman–Crippen MR) is 72.8 cm³/mol. The van der Waals surface area contributed by atoms with Gasteiger partial charge in [0.25, 0.3) is 0 Å². The molecular weight excluding hydrogens is 264 g/mol. The van der Waals surface area contributed by atoms with Crippen LogP contribution in [0.2, 0.25) is 0 Å². The Balaban J connectivity index is 2.90. The number of nitrogens with one attached hydrogen (secondary N) is 1. The molecule has 0 radical (unpaired) electrons. The molecule has 0 saturated heterocycles. The second-order valence-electron chi connectivity index (χ2n) is 4.33. The molecule has 0 fully saturated rings. The first kappa shape index (κ1) is 15.9. The third kappa shape index (κ3) is 4.51. The highest BCUT2D eigenvalue weighted by atomic mass is 16.6. The fourth-order valence-corrected chi connectivity index (χ4v) is 1.57. The monoisotopic (exact) mass is 282 g/mol. The molecule has 0 aliphatic carbocycles. The highest BCUT2D eigenvalue weighted by Crippen LogP contribution is 2.28. The van der Waals surface area contributed by atoms with Gasteiger partial charge in [0.15, 0.2) is 11.9 Å². The van der Waals surface area contributed by atoms with Gasteiger partial charge in [0.05, 0.1) is 4.92 Å². The summed E-state index contributed by atoms with van der Waals surface area (Å²) in [5, 5.41) is 22.9. The molecule has 0 heterocycles. The minimum Gasteiger partial charge on any atom is -0.479 e. The highest BCUT2D eigenvalue weighted by molar-refractivity contribution is 5.72. The van der Waals surface area contributed by atoms with E-state index in [1.54, 1.807) is 6.07 Å². The number of nitro benzene ring substituents is 1. The summed E-state index contributed by atoms with van der Waals surface area (Å²) in [4.78, 5) is 21.2. The molecule has 0 aromatic heterocycles. The lowest BCUT2D eigenvalue weighted by Gasteiger charge is -2.11. The van der Waals surface area contributed by atoms with Crippen LogP contribution in [0.4, 0.5) is 5.69 Å². The van der Waals surface area contributed by atoms with Gasteiger partial charge in [-0.05, 0) is 31.5 Å². The Labute approximate surface area is 116 Å². The largest absolute Gasteiger partial charge is 0.479 e. The van der Waals surface area contributed by atoms with E-state index in [-0.39, 0.29) is 11.4 Å². The number of aliphatic carboxylic acids is 1. The standard InChI is InChI=1S/C13H18N2O5/c1-3-6-14-8-10-4-5-12(11(7-10)15(18)19)20-9(2)13(16)17/h4-5,7,9,14H,3,6,8H2,1-2H3,(H,16,17). The normalized spacial score (nSPS) is 11.9. The lowest BCUT2D eigenvalue weighted by molar-refractivity contribution is -0.386. The van der Waals surface area contributed by atoms with Crippen LogP contribution in [0, 0.1) is 10.1 Å². The molecule has 0 aliphatic heterocycles. The van der Waals surface area contributed by atoms with Crippen LogP contribution in [-0.2, 0) is 11.3 Å². The van der Waals surface area contributed by atoms with Crippen LogP contribution < -0.4 is 10.1 Å². The molecule has 1 rings (SSSR count). The molecule has 0 bridgehead atoms. The third-order valence-corrected chi connectivity index (χ3v) is 2.63. The van der Waals surface area contributed by atoms with Gasteiger partial charge in [-0.1, -0.05) is 13.0 Å². The van der Waals surface area contributed by atoms with Crippen molar-refractivity contribution in [3.63, 3.8) is 0 Å². The number of carboxylic acid groups (broad SMARTS) is 1. The minimum absolute atomic E-state index is 0.0378. The Morgan fingerprint density at radius 2 is 2.25 bits per heavy atom. The van der Waals surface area contributed by atoms with Gasteiger partial charge in [0.2, 0.25) is 0 Å². The first-order valence-electron chi connectivity index (χ1n) is 6.33. The lowest BCUT2D eigenvalue weighted by Crippen LogP contribution is -2.23. The number of hydrogen-bond acceptors (Lipinski definition) is 5. The van der Waals surface area contributed by atoms with Gasteiger partial charge in [0, 0.05) is 12.6 Å². The Hall–Kier alpha value is -2.15. The van der Waals surface area contributed by atoms with Crippen molar-refractivity contribution >= 4 is 11.7 Å². The smallest absolute Gasteiger partial charge is 0.344 e. The average Bonchev–Trinajstić information content (AvgIpc) is 2.40. The zero-order valence-electron chi connectivity index (χ0n) is 11.5. The Morgan fingerprint density at radius 3 is 2.80 bits per heavy atom. The maximum atomic E-state index is 11.0. The van der Waals surface area contributed by atoms with Crippen LogP contribution in [0.25, 0.3) is 0 Å². The number of ether oxygens (including phenoxy) is 1. The van der Waals surface area contributed by atoms with Crippen molar-refractivity contribution in [2.75, 3.05) is 6.54 Å². The van der Waals surface area contributed by atoms with E-state index in [1.165, 1.54) is 19.1 Å². The van der Waals surface area contributed by atoms with E-state index >= 15 is 0 Å². The summed E-state index contributed by atoms with van der Waals surface area (Å²) < 4.78 is 5.09. The number of rotatable bonds is 8. The molecule has 0 aliphatic rings. The average molecular weight is 282 g/mol. The summed E-state index contributed by atoms with van der Waals surface area (Å²) in [5.41, 5.74) is 0.523. The van der Waals surface area contributed by atoms with Gasteiger partial charge in [-0.15, -0.1) is 0 Å². The summed E-state index contributed by atoms with van der Waals surface area (Å²) in [6, 6.07) is 4.51. The number of nitro groups is 1. The summed E-state index contributed by atoms with van der Waals surface area (Å²) >= 11 is 0. The van der Waals surface area contributed by atoms with Gasteiger partial charge in [-0.2, -0.15) is 0 Å². The van der Waals surface area contributed by atoms with Gasteiger partial charge in [-0.3, -0.25) is 10.1 Å². The van der Waals surface area contributed by atoms with Crippen LogP contribution in [0.15, 0.2) is 18.2 Å². The van der Waals surface area contributed by atoms with Crippen molar-refractivity contribution in [2.24, 2.45) is 0 Å². The van der Waals surface area contributed by atoms with Crippen molar-refractivity contribution in [1.82, 2.24) is 5.32 Å². The number of carboxylic acids is 1. The molecule has 2 N–H and O–H groups in total. The van der Waals surface area contributed by atoms with E-state index in [2.05, 4.69) is 5.32 Å². The molecule has 1 aromatic rings. The summed E-state index contributed by atoms with van der Waals surface area (Å²) in [5.74, 6) is -1.21. The molecule has 0 spiro atoms. The van der Waals surface area contributed by atoms with Crippen LogP contribution in [-0.4, -0.2) is 28.6 Å². The van der Waals surface area contributed by atoms with Crippen LogP contribution in [0.1, 0.15) is 25.8 Å². The summed E-state index contributed by atoms with van der Waals surface area (Å²) in [7, 11) is 0. The molecule has 0 saturated carbocycles. The topological polar surface area (TPSA) is 102 Å². The van der Waals surface area contributed by atoms with E-state index in [1.807, 2.05) is 6.92 Å². The fraction of sp³-hybridized carbons (Fsp3) is 0.462. The van der Waals surface area contributed by atoms with E-state index in [4.69, 9.17) is 9.84 Å². The molecular formula is C13H18N2O5. The summed E-state index contributed by atoms with van der Waals surface area (Å²) in [6.45, 7) is 4.69. The molecule has 1 aromatic carbocycles. The molecule has 1 atom stereocenters. The van der Waals surface area contributed by atoms with E-state index in [9.17, 15) is 14.9 Å². The fourth-order valence-electron chi connectivity index (χ4n) is 1.57.